The van der Waals surface area contributed by atoms with Crippen LogP contribution in [0.15, 0.2) is 18.2 Å². The molecule has 0 unspecified atom stereocenters. The van der Waals surface area contributed by atoms with Gasteiger partial charge in [-0.2, -0.15) is 0 Å². The molecule has 0 saturated carbocycles. The zero-order valence-electron chi connectivity index (χ0n) is 13.8. The van der Waals surface area contributed by atoms with E-state index in [0.29, 0.717) is 23.4 Å². The Kier molecular flexibility index (Phi) is 7.41. The maximum absolute atomic E-state index is 11.8. The summed E-state index contributed by atoms with van der Waals surface area (Å²) in [7, 11) is 1.44. The summed E-state index contributed by atoms with van der Waals surface area (Å²) in [4.78, 5) is 45.8. The molecule has 3 amide bonds. The zero-order chi connectivity index (χ0) is 18.1. The lowest BCUT2D eigenvalue weighted by Crippen LogP contribution is -2.41. The van der Waals surface area contributed by atoms with Gasteiger partial charge in [0.2, 0.25) is 0 Å². The Labute approximate surface area is 139 Å². The van der Waals surface area contributed by atoms with Crippen LogP contribution in [0, 0.1) is 0 Å². The smallest absolute Gasteiger partial charge is 0.321 e. The SMILES string of the molecule is CCNC(=O)NC(=O)COC(=O)Cc1cc(C(C)=O)ccc1OC. The summed E-state index contributed by atoms with van der Waals surface area (Å²) in [5.74, 6) is -1.13. The van der Waals surface area contributed by atoms with Crippen LogP contribution in [0.4, 0.5) is 4.79 Å². The van der Waals surface area contributed by atoms with Crippen LogP contribution in [0.5, 0.6) is 5.75 Å². The molecule has 0 heterocycles. The number of rotatable bonds is 7. The van der Waals surface area contributed by atoms with Crippen LogP contribution in [-0.4, -0.2) is 44.0 Å². The summed E-state index contributed by atoms with van der Waals surface area (Å²) in [5.41, 5.74) is 0.909. The predicted molar refractivity (Wildman–Crippen MR) is 84.9 cm³/mol. The molecule has 0 radical (unpaired) electrons. The number of carbonyl (C=O) groups is 4. The second kappa shape index (κ2) is 9.29. The van der Waals surface area contributed by atoms with Crippen LogP contribution in [0.25, 0.3) is 0 Å². The van der Waals surface area contributed by atoms with Gasteiger partial charge in [0.05, 0.1) is 13.5 Å². The van der Waals surface area contributed by atoms with Crippen LogP contribution in [0.1, 0.15) is 29.8 Å². The summed E-state index contributed by atoms with van der Waals surface area (Å²) < 4.78 is 9.95. The average Bonchev–Trinajstić information content (AvgIpc) is 2.53. The van der Waals surface area contributed by atoms with E-state index in [-0.39, 0.29) is 12.2 Å². The van der Waals surface area contributed by atoms with Gasteiger partial charge in [-0.25, -0.2) is 4.79 Å². The molecule has 130 valence electrons. The summed E-state index contributed by atoms with van der Waals surface area (Å²) in [5, 5.41) is 4.39. The van der Waals surface area contributed by atoms with Gasteiger partial charge in [-0.3, -0.25) is 19.7 Å². The Morgan fingerprint density at radius 2 is 1.88 bits per heavy atom. The van der Waals surface area contributed by atoms with Gasteiger partial charge in [0.15, 0.2) is 12.4 Å². The number of benzene rings is 1. The van der Waals surface area contributed by atoms with Gasteiger partial charge in [0, 0.05) is 17.7 Å². The van der Waals surface area contributed by atoms with Crippen molar-refractivity contribution in [2.75, 3.05) is 20.3 Å². The van der Waals surface area contributed by atoms with Crippen molar-refractivity contribution >= 4 is 23.7 Å². The molecule has 1 rings (SSSR count). The van der Waals surface area contributed by atoms with Gasteiger partial charge in [-0.15, -0.1) is 0 Å². The first-order chi connectivity index (χ1) is 11.4. The number of methoxy groups -OCH3 is 1. The van der Waals surface area contributed by atoms with Crippen molar-refractivity contribution in [3.05, 3.63) is 29.3 Å². The van der Waals surface area contributed by atoms with Crippen molar-refractivity contribution < 1.29 is 28.7 Å². The highest BCUT2D eigenvalue weighted by atomic mass is 16.5. The molecule has 0 spiro atoms. The van der Waals surface area contributed by atoms with Crippen molar-refractivity contribution in [1.82, 2.24) is 10.6 Å². The molecule has 0 aromatic heterocycles. The summed E-state index contributed by atoms with van der Waals surface area (Å²) in [6.45, 7) is 2.90. The number of ether oxygens (including phenoxy) is 2. The van der Waals surface area contributed by atoms with Gasteiger partial charge < -0.3 is 14.8 Å². The van der Waals surface area contributed by atoms with Crippen molar-refractivity contribution in [3.63, 3.8) is 0 Å². The molecule has 0 bridgehead atoms. The van der Waals surface area contributed by atoms with E-state index in [2.05, 4.69) is 5.32 Å². The van der Waals surface area contributed by atoms with E-state index in [4.69, 9.17) is 9.47 Å². The molecule has 1 aromatic rings. The fourth-order valence-electron chi connectivity index (χ4n) is 1.86. The Bertz CT molecular complexity index is 641. The van der Waals surface area contributed by atoms with E-state index < -0.39 is 24.5 Å². The van der Waals surface area contributed by atoms with Crippen molar-refractivity contribution in [2.24, 2.45) is 0 Å². The molecule has 0 atom stereocenters. The number of Topliss-reactive ketones (excluding diaryl/α,β-unsaturated/α-hetero) is 1. The van der Waals surface area contributed by atoms with Crippen LogP contribution in [-0.2, 0) is 20.7 Å². The third kappa shape index (κ3) is 6.07. The number of urea groups is 1. The van der Waals surface area contributed by atoms with E-state index in [0.717, 1.165) is 0 Å². The average molecular weight is 336 g/mol. The number of ketones is 1. The third-order valence-electron chi connectivity index (χ3n) is 2.98. The number of hydrogen-bond acceptors (Lipinski definition) is 6. The Balaban J connectivity index is 2.61. The quantitative estimate of drug-likeness (QED) is 0.563. The molecular weight excluding hydrogens is 316 g/mol. The van der Waals surface area contributed by atoms with Crippen LogP contribution >= 0.6 is 0 Å². The van der Waals surface area contributed by atoms with Gasteiger partial charge in [0.25, 0.3) is 5.91 Å². The van der Waals surface area contributed by atoms with Gasteiger partial charge in [0.1, 0.15) is 5.75 Å². The van der Waals surface area contributed by atoms with Crippen molar-refractivity contribution in [2.45, 2.75) is 20.3 Å². The summed E-state index contributed by atoms with van der Waals surface area (Å²) >= 11 is 0. The van der Waals surface area contributed by atoms with Gasteiger partial charge in [-0.1, -0.05) is 0 Å². The molecule has 0 aliphatic carbocycles. The first kappa shape index (κ1) is 19.1. The zero-order valence-corrected chi connectivity index (χ0v) is 13.8. The fraction of sp³-hybridized carbons (Fsp3) is 0.375. The molecule has 0 aliphatic rings. The van der Waals surface area contributed by atoms with E-state index in [1.165, 1.54) is 20.1 Å². The second-order valence-electron chi connectivity index (χ2n) is 4.83. The molecular formula is C16H20N2O6. The highest BCUT2D eigenvalue weighted by Gasteiger charge is 2.14. The summed E-state index contributed by atoms with van der Waals surface area (Å²) in [6.07, 6.45) is -0.168. The van der Waals surface area contributed by atoms with E-state index in [1.807, 2.05) is 5.32 Å². The lowest BCUT2D eigenvalue weighted by molar-refractivity contribution is -0.147. The molecule has 0 aliphatic heterocycles. The van der Waals surface area contributed by atoms with Crippen LogP contribution in [0.2, 0.25) is 0 Å². The first-order valence-electron chi connectivity index (χ1n) is 7.28. The van der Waals surface area contributed by atoms with Crippen LogP contribution in [0.3, 0.4) is 0 Å². The minimum atomic E-state index is -0.737. The Morgan fingerprint density at radius 1 is 1.17 bits per heavy atom. The van der Waals surface area contributed by atoms with E-state index in [9.17, 15) is 19.2 Å². The highest BCUT2D eigenvalue weighted by Crippen LogP contribution is 2.21. The predicted octanol–water partition coefficient (Wildman–Crippen LogP) is 0.829. The normalized spacial score (nSPS) is 9.79. The van der Waals surface area contributed by atoms with Gasteiger partial charge in [-0.05, 0) is 32.0 Å². The number of amides is 3. The fourth-order valence-corrected chi connectivity index (χ4v) is 1.86. The van der Waals surface area contributed by atoms with E-state index >= 15 is 0 Å². The number of carbonyl (C=O) groups excluding carboxylic acids is 4. The Morgan fingerprint density at radius 3 is 2.46 bits per heavy atom. The maximum Gasteiger partial charge on any atom is 0.321 e. The molecule has 1 aromatic carbocycles. The molecule has 0 saturated heterocycles. The molecule has 24 heavy (non-hydrogen) atoms. The van der Waals surface area contributed by atoms with Crippen LogP contribution < -0.4 is 15.4 Å². The van der Waals surface area contributed by atoms with Crippen molar-refractivity contribution in [1.29, 1.82) is 0 Å². The highest BCUT2D eigenvalue weighted by molar-refractivity contribution is 5.96. The lowest BCUT2D eigenvalue weighted by atomic mass is 10.0. The van der Waals surface area contributed by atoms with Gasteiger partial charge >= 0.3 is 12.0 Å². The number of imide groups is 1. The number of hydrogen-bond donors (Lipinski definition) is 2. The third-order valence-corrected chi connectivity index (χ3v) is 2.98. The van der Waals surface area contributed by atoms with Crippen molar-refractivity contribution in [3.8, 4) is 5.75 Å². The topological polar surface area (TPSA) is 111 Å². The molecule has 8 nitrogen and oxygen atoms in total. The number of esters is 1. The molecule has 2 N–H and O–H groups in total. The van der Waals surface area contributed by atoms with E-state index in [1.54, 1.807) is 19.1 Å². The molecule has 8 heteroatoms. The minimum absolute atomic E-state index is 0.145. The first-order valence-corrected chi connectivity index (χ1v) is 7.28. The molecule has 0 fully saturated rings. The monoisotopic (exact) mass is 336 g/mol. The largest absolute Gasteiger partial charge is 0.496 e. The number of nitrogens with one attached hydrogen (secondary N) is 2. The standard InChI is InChI=1S/C16H20N2O6/c1-4-17-16(22)18-14(20)9-24-15(21)8-12-7-11(10(2)19)5-6-13(12)23-3/h5-7H,4,8-9H2,1-3H3,(H2,17,18,20,22). The maximum atomic E-state index is 11.8. The second-order valence-corrected chi connectivity index (χ2v) is 4.83. The summed E-state index contributed by atoms with van der Waals surface area (Å²) in [6, 6.07) is 4.06. The lowest BCUT2D eigenvalue weighted by Gasteiger charge is -2.10. The minimum Gasteiger partial charge on any atom is -0.496 e. The Hall–Kier alpha value is -2.90.